The summed E-state index contributed by atoms with van der Waals surface area (Å²) in [5.41, 5.74) is 1.70. The number of pyridine rings is 1. The lowest BCUT2D eigenvalue weighted by molar-refractivity contribution is 0.380. The maximum absolute atomic E-state index is 14.2. The van der Waals surface area contributed by atoms with Gasteiger partial charge in [0.2, 0.25) is 0 Å². The third-order valence-electron chi connectivity index (χ3n) is 3.47. The average molecular weight is 287 g/mol. The monoisotopic (exact) mass is 287 g/mol. The van der Waals surface area contributed by atoms with Gasteiger partial charge >= 0.3 is 0 Å². The van der Waals surface area contributed by atoms with E-state index in [1.165, 1.54) is 19.1 Å². The summed E-state index contributed by atoms with van der Waals surface area (Å²) in [5, 5.41) is 3.08. The second-order valence-electron chi connectivity index (χ2n) is 4.97. The van der Waals surface area contributed by atoms with E-state index in [0.717, 1.165) is 12.4 Å². The van der Waals surface area contributed by atoms with Crippen molar-refractivity contribution < 1.29 is 8.78 Å². The molecule has 1 aromatic heterocycles. The molecule has 2 aromatic rings. The minimum absolute atomic E-state index is 0.0198. The van der Waals surface area contributed by atoms with E-state index in [2.05, 4.69) is 15.2 Å². The number of halogens is 2. The topological polar surface area (TPSA) is 28.2 Å². The van der Waals surface area contributed by atoms with Gasteiger partial charge in [0.25, 0.3) is 0 Å². The largest absolute Gasteiger partial charge is 0.373 e. The smallest absolute Gasteiger partial charge is 0.138 e. The fourth-order valence-electron chi connectivity index (χ4n) is 2.27. The Labute approximate surface area is 121 Å². The molecule has 0 amide bonds. The number of hydrogen-bond donors (Lipinski definition) is 1. The van der Waals surface area contributed by atoms with Crippen molar-refractivity contribution >= 4 is 0 Å². The predicted octanol–water partition coefficient (Wildman–Crippen LogP) is 3.17. The number of aromatic nitrogens is 1. The van der Waals surface area contributed by atoms with E-state index in [0.29, 0.717) is 17.8 Å². The summed E-state index contributed by atoms with van der Waals surface area (Å²) in [4.78, 5) is 6.53. The minimum atomic E-state index is -0.553. The lowest BCUT2D eigenvalue weighted by atomic mass is 10.1. The van der Waals surface area contributed by atoms with E-state index >= 15 is 0 Å². The first-order chi connectivity index (χ1) is 10.1. The van der Waals surface area contributed by atoms with E-state index in [1.54, 1.807) is 6.07 Å². The summed E-state index contributed by atoms with van der Waals surface area (Å²) in [6.45, 7) is 2.80. The van der Waals surface area contributed by atoms with Crippen LogP contribution in [0.15, 0.2) is 42.7 Å². The number of benzene rings is 1. The van der Waals surface area contributed by atoms with Gasteiger partial charge in [-0.05, 0) is 31.2 Å². The van der Waals surface area contributed by atoms with Crippen molar-refractivity contribution in [2.24, 2.45) is 0 Å². The predicted molar refractivity (Wildman–Crippen MR) is 77.0 cm³/mol. The van der Waals surface area contributed by atoms with Crippen molar-refractivity contribution in [1.29, 1.82) is 0 Å². The normalized spacial score (nSPS) is 13.6. The Balaban J connectivity index is 1.92. The fourth-order valence-corrected chi connectivity index (χ4v) is 2.27. The van der Waals surface area contributed by atoms with E-state index in [-0.39, 0.29) is 5.56 Å². The molecular formula is C16H15F2N3. The summed E-state index contributed by atoms with van der Waals surface area (Å²) in [6.07, 6.45) is 3.81. The average Bonchev–Trinajstić information content (AvgIpc) is 2.98. The SMILES string of the molecule is Cc1c(F)ccc(-c2cccc(CN3C=CNC3)n2)c1F. The third kappa shape index (κ3) is 2.72. The van der Waals surface area contributed by atoms with Crippen molar-refractivity contribution in [2.45, 2.75) is 13.5 Å². The molecule has 2 heterocycles. The second-order valence-corrected chi connectivity index (χ2v) is 4.97. The first-order valence-corrected chi connectivity index (χ1v) is 6.70. The van der Waals surface area contributed by atoms with E-state index in [4.69, 9.17) is 0 Å². The Hall–Kier alpha value is -2.43. The molecule has 0 fully saturated rings. The van der Waals surface area contributed by atoms with Gasteiger partial charge in [0.1, 0.15) is 11.6 Å². The molecule has 1 aliphatic rings. The highest BCUT2D eigenvalue weighted by Crippen LogP contribution is 2.25. The van der Waals surface area contributed by atoms with Gasteiger partial charge in [-0.25, -0.2) is 8.78 Å². The molecule has 3 nitrogen and oxygen atoms in total. The number of hydrogen-bond acceptors (Lipinski definition) is 3. The van der Waals surface area contributed by atoms with Crippen LogP contribution >= 0.6 is 0 Å². The van der Waals surface area contributed by atoms with Crippen molar-refractivity contribution in [3.05, 3.63) is 65.6 Å². The summed E-state index contributed by atoms with van der Waals surface area (Å²) in [7, 11) is 0. The zero-order valence-electron chi connectivity index (χ0n) is 11.6. The summed E-state index contributed by atoms with van der Waals surface area (Å²) >= 11 is 0. The fraction of sp³-hybridized carbons (Fsp3) is 0.188. The third-order valence-corrected chi connectivity index (χ3v) is 3.47. The quantitative estimate of drug-likeness (QED) is 0.940. The molecule has 0 aliphatic carbocycles. The van der Waals surface area contributed by atoms with E-state index in [1.807, 2.05) is 24.5 Å². The molecule has 108 valence electrons. The molecule has 3 rings (SSSR count). The molecule has 21 heavy (non-hydrogen) atoms. The molecule has 5 heteroatoms. The van der Waals surface area contributed by atoms with Crippen LogP contribution in [0.2, 0.25) is 0 Å². The van der Waals surface area contributed by atoms with Gasteiger partial charge in [-0.1, -0.05) is 6.07 Å². The van der Waals surface area contributed by atoms with Crippen LogP contribution in [0.3, 0.4) is 0 Å². The molecule has 0 unspecified atom stereocenters. The molecule has 0 atom stereocenters. The van der Waals surface area contributed by atoms with Gasteiger partial charge in [-0.3, -0.25) is 4.98 Å². The summed E-state index contributed by atoms with van der Waals surface area (Å²) < 4.78 is 27.5. The number of rotatable bonds is 3. The van der Waals surface area contributed by atoms with Gasteiger partial charge in [-0.15, -0.1) is 0 Å². The Bertz CT molecular complexity index is 698. The Morgan fingerprint density at radius 1 is 1.24 bits per heavy atom. The zero-order valence-corrected chi connectivity index (χ0v) is 11.6. The molecule has 1 N–H and O–H groups in total. The van der Waals surface area contributed by atoms with Gasteiger partial charge < -0.3 is 10.2 Å². The standard InChI is InChI=1S/C16H15F2N3/c1-11-14(17)6-5-13(16(11)18)15-4-2-3-12(20-15)9-21-8-7-19-10-21/h2-8,19H,9-10H2,1H3. The van der Waals surface area contributed by atoms with Crippen molar-refractivity contribution in [1.82, 2.24) is 15.2 Å². The molecule has 0 saturated heterocycles. The van der Waals surface area contributed by atoms with E-state index in [9.17, 15) is 8.78 Å². The number of nitrogens with one attached hydrogen (secondary N) is 1. The molecule has 0 radical (unpaired) electrons. The molecule has 1 aliphatic heterocycles. The van der Waals surface area contributed by atoms with Gasteiger partial charge in [0.05, 0.1) is 24.6 Å². The van der Waals surface area contributed by atoms with Gasteiger partial charge in [0.15, 0.2) is 0 Å². The van der Waals surface area contributed by atoms with Crippen molar-refractivity contribution in [3.8, 4) is 11.3 Å². The lowest BCUT2D eigenvalue weighted by Gasteiger charge is -2.15. The first-order valence-electron chi connectivity index (χ1n) is 6.70. The van der Waals surface area contributed by atoms with Crippen LogP contribution in [0.1, 0.15) is 11.3 Å². The Kier molecular flexibility index (Phi) is 3.56. The van der Waals surface area contributed by atoms with Crippen LogP contribution in [-0.2, 0) is 6.54 Å². The number of nitrogens with zero attached hydrogens (tertiary/aromatic N) is 2. The van der Waals surface area contributed by atoms with Gasteiger partial charge in [0, 0.05) is 23.5 Å². The van der Waals surface area contributed by atoms with Crippen LogP contribution in [0, 0.1) is 18.6 Å². The highest BCUT2D eigenvalue weighted by atomic mass is 19.1. The molecule has 0 saturated carbocycles. The van der Waals surface area contributed by atoms with Gasteiger partial charge in [-0.2, -0.15) is 0 Å². The van der Waals surface area contributed by atoms with Crippen LogP contribution in [-0.4, -0.2) is 16.6 Å². The zero-order chi connectivity index (χ0) is 14.8. The van der Waals surface area contributed by atoms with Crippen LogP contribution in [0.25, 0.3) is 11.3 Å². The molecule has 1 aromatic carbocycles. The van der Waals surface area contributed by atoms with Crippen molar-refractivity contribution in [2.75, 3.05) is 6.67 Å². The molecule has 0 spiro atoms. The summed E-state index contributed by atoms with van der Waals surface area (Å²) in [6, 6.07) is 8.17. The minimum Gasteiger partial charge on any atom is -0.373 e. The lowest BCUT2D eigenvalue weighted by Crippen LogP contribution is -2.20. The first kappa shape index (κ1) is 13.5. The van der Waals surface area contributed by atoms with E-state index < -0.39 is 11.6 Å². The van der Waals surface area contributed by atoms with Crippen LogP contribution in [0.4, 0.5) is 8.78 Å². The van der Waals surface area contributed by atoms with Crippen LogP contribution in [0.5, 0.6) is 0 Å². The molecule has 0 bridgehead atoms. The summed E-state index contributed by atoms with van der Waals surface area (Å²) in [5.74, 6) is -1.09. The maximum atomic E-state index is 14.2. The maximum Gasteiger partial charge on any atom is 0.138 e. The Morgan fingerprint density at radius 3 is 2.86 bits per heavy atom. The second kappa shape index (κ2) is 5.52. The molecular weight excluding hydrogens is 272 g/mol. The van der Waals surface area contributed by atoms with Crippen LogP contribution < -0.4 is 5.32 Å². The highest BCUT2D eigenvalue weighted by molar-refractivity contribution is 5.61. The highest BCUT2D eigenvalue weighted by Gasteiger charge is 2.13. The Morgan fingerprint density at radius 2 is 2.10 bits per heavy atom. The van der Waals surface area contributed by atoms with Crippen molar-refractivity contribution in [3.63, 3.8) is 0 Å².